The Morgan fingerprint density at radius 3 is 2.76 bits per heavy atom. The predicted molar refractivity (Wildman–Crippen MR) is 77.7 cm³/mol. The Balaban J connectivity index is 2.15. The maximum absolute atomic E-state index is 8.75. The number of oxime groups is 1. The van der Waals surface area contributed by atoms with E-state index in [1.165, 1.54) is 0 Å². The molecule has 1 aromatic carbocycles. The fourth-order valence-corrected chi connectivity index (χ4v) is 1.80. The molecule has 0 aliphatic carbocycles. The van der Waals surface area contributed by atoms with Crippen LogP contribution in [-0.2, 0) is 13.2 Å². The Morgan fingerprint density at radius 2 is 2.14 bits per heavy atom. The molecule has 3 N–H and O–H groups in total. The molecule has 0 fully saturated rings. The van der Waals surface area contributed by atoms with Gasteiger partial charge in [0.05, 0.1) is 13.3 Å². The van der Waals surface area contributed by atoms with Crippen LogP contribution in [0.25, 0.3) is 0 Å². The van der Waals surface area contributed by atoms with Crippen LogP contribution >= 0.6 is 0 Å². The third-order valence-electron chi connectivity index (χ3n) is 2.94. The van der Waals surface area contributed by atoms with Crippen LogP contribution in [0, 0.1) is 0 Å². The van der Waals surface area contributed by atoms with Crippen molar-refractivity contribution in [3.8, 4) is 11.5 Å². The van der Waals surface area contributed by atoms with Crippen LogP contribution in [0.1, 0.15) is 18.1 Å². The smallest absolute Gasteiger partial charge is 0.170 e. The molecule has 0 aliphatic rings. The van der Waals surface area contributed by atoms with Crippen LogP contribution in [0.4, 0.5) is 0 Å². The van der Waals surface area contributed by atoms with E-state index in [1.807, 2.05) is 17.8 Å². The number of rotatable bonds is 6. The van der Waals surface area contributed by atoms with Crippen LogP contribution in [0.15, 0.2) is 35.7 Å². The van der Waals surface area contributed by atoms with E-state index in [0.717, 1.165) is 12.1 Å². The molecule has 1 heterocycles. The van der Waals surface area contributed by atoms with Gasteiger partial charge in [0.1, 0.15) is 18.1 Å². The molecule has 0 aliphatic heterocycles. The summed E-state index contributed by atoms with van der Waals surface area (Å²) in [4.78, 5) is 0. The number of nitrogens with two attached hydrogens (primary N) is 1. The average Bonchev–Trinajstić information content (AvgIpc) is 2.99. The van der Waals surface area contributed by atoms with E-state index in [1.54, 1.807) is 31.5 Å². The Hall–Kier alpha value is -2.70. The standard InChI is InChI=1S/C14H18N4O3/c1-3-18-8-10(7-16-18)9-21-13-5-11(14(15)17-19)4-12(6-13)20-2/h4-8,19H,3,9H2,1-2H3,(H2,15,17). The van der Waals surface area contributed by atoms with E-state index in [2.05, 4.69) is 10.3 Å². The molecule has 0 amide bonds. The van der Waals surface area contributed by atoms with Crippen LogP contribution in [-0.4, -0.2) is 27.9 Å². The number of methoxy groups -OCH3 is 1. The Morgan fingerprint density at radius 1 is 1.38 bits per heavy atom. The number of benzene rings is 1. The first kappa shape index (κ1) is 14.7. The summed E-state index contributed by atoms with van der Waals surface area (Å²) in [6.45, 7) is 3.21. The van der Waals surface area contributed by atoms with Crippen molar-refractivity contribution in [3.05, 3.63) is 41.7 Å². The molecule has 112 valence electrons. The number of aromatic nitrogens is 2. The van der Waals surface area contributed by atoms with Gasteiger partial charge >= 0.3 is 0 Å². The number of hydrogen-bond acceptors (Lipinski definition) is 5. The second kappa shape index (κ2) is 6.65. The number of hydrogen-bond donors (Lipinski definition) is 2. The van der Waals surface area contributed by atoms with Gasteiger partial charge in [-0.1, -0.05) is 5.16 Å². The van der Waals surface area contributed by atoms with E-state index in [9.17, 15) is 0 Å². The molecule has 0 bridgehead atoms. The molecule has 0 unspecified atom stereocenters. The SMILES string of the molecule is CCn1cc(COc2cc(OC)cc(/C(N)=N/O)c2)cn1. The number of nitrogens with zero attached hydrogens (tertiary/aromatic N) is 3. The first-order valence-corrected chi connectivity index (χ1v) is 6.47. The molecule has 1 aromatic heterocycles. The summed E-state index contributed by atoms with van der Waals surface area (Å²) in [5.74, 6) is 1.14. The summed E-state index contributed by atoms with van der Waals surface area (Å²) in [5.41, 5.74) is 7.08. The van der Waals surface area contributed by atoms with Gasteiger partial charge in [-0.2, -0.15) is 5.10 Å². The van der Waals surface area contributed by atoms with E-state index >= 15 is 0 Å². The molecule has 7 heteroatoms. The Bertz CT molecular complexity index is 637. The van der Waals surface area contributed by atoms with Crippen molar-refractivity contribution in [2.75, 3.05) is 7.11 Å². The van der Waals surface area contributed by atoms with Crippen molar-refractivity contribution < 1.29 is 14.7 Å². The summed E-state index contributed by atoms with van der Waals surface area (Å²) in [7, 11) is 1.54. The molecular formula is C14H18N4O3. The fraction of sp³-hybridized carbons (Fsp3) is 0.286. The monoisotopic (exact) mass is 290 g/mol. The van der Waals surface area contributed by atoms with Crippen molar-refractivity contribution in [1.82, 2.24) is 9.78 Å². The minimum Gasteiger partial charge on any atom is -0.497 e. The number of aryl methyl sites for hydroxylation is 1. The van der Waals surface area contributed by atoms with Crippen molar-refractivity contribution >= 4 is 5.84 Å². The number of ether oxygens (including phenoxy) is 2. The average molecular weight is 290 g/mol. The molecule has 0 atom stereocenters. The molecule has 21 heavy (non-hydrogen) atoms. The van der Waals surface area contributed by atoms with E-state index in [4.69, 9.17) is 20.4 Å². The topological polar surface area (TPSA) is 94.9 Å². The van der Waals surface area contributed by atoms with Gasteiger partial charge in [0, 0.05) is 29.9 Å². The molecular weight excluding hydrogens is 272 g/mol. The molecule has 0 saturated carbocycles. The van der Waals surface area contributed by atoms with Crippen LogP contribution in [0.5, 0.6) is 11.5 Å². The molecule has 2 aromatic rings. The van der Waals surface area contributed by atoms with Crippen LogP contribution in [0.3, 0.4) is 0 Å². The largest absolute Gasteiger partial charge is 0.497 e. The molecule has 2 rings (SSSR count). The first-order chi connectivity index (χ1) is 10.2. The summed E-state index contributed by atoms with van der Waals surface area (Å²) >= 11 is 0. The highest BCUT2D eigenvalue weighted by molar-refractivity contribution is 5.97. The van der Waals surface area contributed by atoms with Crippen molar-refractivity contribution in [3.63, 3.8) is 0 Å². The second-order valence-electron chi connectivity index (χ2n) is 4.38. The maximum Gasteiger partial charge on any atom is 0.170 e. The van der Waals surface area contributed by atoms with Gasteiger partial charge in [0.25, 0.3) is 0 Å². The lowest BCUT2D eigenvalue weighted by atomic mass is 10.2. The zero-order valence-corrected chi connectivity index (χ0v) is 12.0. The zero-order chi connectivity index (χ0) is 15.2. The third kappa shape index (κ3) is 3.65. The minimum atomic E-state index is -0.00227. The van der Waals surface area contributed by atoms with Gasteiger partial charge in [-0.05, 0) is 19.1 Å². The Kier molecular flexibility index (Phi) is 4.65. The van der Waals surface area contributed by atoms with Gasteiger partial charge in [0.15, 0.2) is 5.84 Å². The highest BCUT2D eigenvalue weighted by Crippen LogP contribution is 2.23. The van der Waals surface area contributed by atoms with Gasteiger partial charge < -0.3 is 20.4 Å². The molecule has 0 saturated heterocycles. The Labute approximate surface area is 122 Å². The fourth-order valence-electron chi connectivity index (χ4n) is 1.80. The van der Waals surface area contributed by atoms with Gasteiger partial charge in [-0.15, -0.1) is 0 Å². The third-order valence-corrected chi connectivity index (χ3v) is 2.94. The number of amidine groups is 1. The van der Waals surface area contributed by atoms with Crippen molar-refractivity contribution in [2.24, 2.45) is 10.9 Å². The molecule has 0 radical (unpaired) electrons. The lowest BCUT2D eigenvalue weighted by Gasteiger charge is -2.09. The zero-order valence-electron chi connectivity index (χ0n) is 12.0. The van der Waals surface area contributed by atoms with Crippen LogP contribution in [0.2, 0.25) is 0 Å². The first-order valence-electron chi connectivity index (χ1n) is 6.47. The summed E-state index contributed by atoms with van der Waals surface area (Å²) in [5, 5.41) is 15.9. The predicted octanol–water partition coefficient (Wildman–Crippen LogP) is 1.59. The van der Waals surface area contributed by atoms with Crippen molar-refractivity contribution in [1.29, 1.82) is 0 Å². The lowest BCUT2D eigenvalue weighted by Crippen LogP contribution is -2.13. The molecule has 7 nitrogen and oxygen atoms in total. The maximum atomic E-state index is 8.75. The van der Waals surface area contributed by atoms with E-state index in [0.29, 0.717) is 23.7 Å². The van der Waals surface area contributed by atoms with E-state index in [-0.39, 0.29) is 5.84 Å². The summed E-state index contributed by atoms with van der Waals surface area (Å²) in [6.07, 6.45) is 3.68. The normalized spacial score (nSPS) is 11.4. The van der Waals surface area contributed by atoms with Crippen LogP contribution < -0.4 is 15.2 Å². The van der Waals surface area contributed by atoms with Gasteiger partial charge in [0.2, 0.25) is 0 Å². The summed E-state index contributed by atoms with van der Waals surface area (Å²) < 4.78 is 12.7. The highest BCUT2D eigenvalue weighted by Gasteiger charge is 2.07. The van der Waals surface area contributed by atoms with Gasteiger partial charge in [-0.3, -0.25) is 4.68 Å². The van der Waals surface area contributed by atoms with Gasteiger partial charge in [-0.25, -0.2) is 0 Å². The van der Waals surface area contributed by atoms with E-state index < -0.39 is 0 Å². The quantitative estimate of drug-likeness (QED) is 0.364. The lowest BCUT2D eigenvalue weighted by molar-refractivity contribution is 0.303. The minimum absolute atomic E-state index is 0.00227. The summed E-state index contributed by atoms with van der Waals surface area (Å²) in [6, 6.07) is 5.08. The highest BCUT2D eigenvalue weighted by atomic mass is 16.5. The second-order valence-corrected chi connectivity index (χ2v) is 4.38. The van der Waals surface area contributed by atoms with Crippen molar-refractivity contribution in [2.45, 2.75) is 20.1 Å². The molecule has 0 spiro atoms.